The summed E-state index contributed by atoms with van der Waals surface area (Å²) in [5.74, 6) is 1.17. The van der Waals surface area contributed by atoms with Crippen molar-refractivity contribution < 1.29 is 19.0 Å². The van der Waals surface area contributed by atoms with E-state index in [1.165, 1.54) is 11.6 Å². The van der Waals surface area contributed by atoms with E-state index >= 15 is 0 Å². The highest BCUT2D eigenvalue weighted by Gasteiger charge is 2.09. The van der Waals surface area contributed by atoms with Gasteiger partial charge in [-0.25, -0.2) is 9.78 Å². The molecule has 0 aliphatic rings. The van der Waals surface area contributed by atoms with Gasteiger partial charge in [-0.3, -0.25) is 0 Å². The monoisotopic (exact) mass is 465 g/mol. The number of nitrogens with zero attached hydrogens (tertiary/aromatic N) is 1. The first-order valence-corrected chi connectivity index (χ1v) is 11.3. The number of esters is 1. The third kappa shape index (κ3) is 7.65. The second-order valence-corrected chi connectivity index (χ2v) is 8.11. The number of hydrogen-bond acceptors (Lipinski definition) is 5. The van der Waals surface area contributed by atoms with E-state index in [0.29, 0.717) is 35.6 Å². The molecular weight excluding hydrogens is 438 g/mol. The maximum atomic E-state index is 11.8. The van der Waals surface area contributed by atoms with Gasteiger partial charge in [-0.1, -0.05) is 54.8 Å². The fraction of sp³-hybridized carbons (Fsp3) is 0.259. The molecule has 1 aromatic heterocycles. The molecule has 0 N–H and O–H groups in total. The molecule has 6 heteroatoms. The number of ether oxygens (including phenoxy) is 3. The minimum absolute atomic E-state index is 0.367. The van der Waals surface area contributed by atoms with Crippen LogP contribution in [0.2, 0.25) is 5.02 Å². The lowest BCUT2D eigenvalue weighted by Gasteiger charge is -2.11. The number of carbonyl (C=O) groups excluding carboxylic acids is 1. The summed E-state index contributed by atoms with van der Waals surface area (Å²) in [7, 11) is 0. The lowest BCUT2D eigenvalue weighted by molar-refractivity contribution is -0.137. The summed E-state index contributed by atoms with van der Waals surface area (Å²) < 4.78 is 16.8. The highest BCUT2D eigenvalue weighted by atomic mass is 35.5. The lowest BCUT2D eigenvalue weighted by Crippen LogP contribution is -2.01. The Kier molecular flexibility index (Phi) is 8.90. The number of benzene rings is 2. The smallest absolute Gasteiger partial charge is 0.330 e. The summed E-state index contributed by atoms with van der Waals surface area (Å²) in [6.45, 7) is 6.91. The molecule has 0 atom stereocenters. The molecule has 0 aliphatic heterocycles. The topological polar surface area (TPSA) is 57.7 Å². The van der Waals surface area contributed by atoms with Crippen molar-refractivity contribution in [3.63, 3.8) is 0 Å². The van der Waals surface area contributed by atoms with Crippen LogP contribution < -0.4 is 9.47 Å². The molecule has 0 saturated carbocycles. The predicted molar refractivity (Wildman–Crippen MR) is 131 cm³/mol. The molecule has 0 saturated heterocycles. The van der Waals surface area contributed by atoms with E-state index in [1.54, 1.807) is 30.5 Å². The third-order valence-corrected chi connectivity index (χ3v) is 5.21. The van der Waals surface area contributed by atoms with E-state index in [0.717, 1.165) is 29.5 Å². The molecule has 172 valence electrons. The second kappa shape index (κ2) is 12.1. The number of aromatic nitrogens is 1. The van der Waals surface area contributed by atoms with Crippen molar-refractivity contribution in [3.05, 3.63) is 88.1 Å². The van der Waals surface area contributed by atoms with E-state index in [-0.39, 0.29) is 5.97 Å². The van der Waals surface area contributed by atoms with Gasteiger partial charge >= 0.3 is 5.97 Å². The first-order valence-electron chi connectivity index (χ1n) is 10.9. The van der Waals surface area contributed by atoms with Crippen LogP contribution in [0.5, 0.6) is 17.4 Å². The Morgan fingerprint density at radius 3 is 2.58 bits per heavy atom. The van der Waals surface area contributed by atoms with Gasteiger partial charge in [0.2, 0.25) is 5.88 Å². The van der Waals surface area contributed by atoms with Crippen molar-refractivity contribution in [1.82, 2.24) is 4.98 Å². The number of carbonyl (C=O) groups is 1. The lowest BCUT2D eigenvalue weighted by atomic mass is 10.1. The zero-order chi connectivity index (χ0) is 23.6. The van der Waals surface area contributed by atoms with Crippen LogP contribution in [0, 0.1) is 13.8 Å². The highest BCUT2D eigenvalue weighted by molar-refractivity contribution is 6.32. The van der Waals surface area contributed by atoms with Gasteiger partial charge < -0.3 is 14.2 Å². The average Bonchev–Trinajstić information content (AvgIpc) is 2.81. The van der Waals surface area contributed by atoms with Crippen LogP contribution in [0.4, 0.5) is 0 Å². The van der Waals surface area contributed by atoms with E-state index < -0.39 is 0 Å². The zero-order valence-electron chi connectivity index (χ0n) is 19.1. The minimum atomic E-state index is -0.367. The SMILES string of the molecule is CCCCOC(=O)C=Cc1cc(Cl)c(Oc2ccc(OCc3ccc(C)cc3)cn2)cc1C. The molecule has 0 aliphatic carbocycles. The van der Waals surface area contributed by atoms with Gasteiger partial charge in [0.05, 0.1) is 17.8 Å². The number of unbranched alkanes of at least 4 members (excludes halogenated alkanes) is 1. The Bertz CT molecular complexity index is 1090. The van der Waals surface area contributed by atoms with E-state index in [9.17, 15) is 4.79 Å². The van der Waals surface area contributed by atoms with Gasteiger partial charge in [0.25, 0.3) is 0 Å². The fourth-order valence-corrected chi connectivity index (χ4v) is 3.14. The van der Waals surface area contributed by atoms with Gasteiger partial charge in [0.1, 0.15) is 18.1 Å². The second-order valence-electron chi connectivity index (χ2n) is 7.70. The average molecular weight is 466 g/mol. The quantitative estimate of drug-likeness (QED) is 0.182. The van der Waals surface area contributed by atoms with Crippen molar-refractivity contribution in [3.8, 4) is 17.4 Å². The molecule has 0 bridgehead atoms. The molecule has 5 nitrogen and oxygen atoms in total. The number of rotatable bonds is 10. The maximum absolute atomic E-state index is 11.8. The molecule has 2 aromatic carbocycles. The number of aryl methyl sites for hydroxylation is 2. The zero-order valence-corrected chi connectivity index (χ0v) is 19.9. The van der Waals surface area contributed by atoms with Crippen LogP contribution in [0.25, 0.3) is 6.08 Å². The van der Waals surface area contributed by atoms with Gasteiger partial charge in [-0.05, 0) is 61.2 Å². The summed E-state index contributed by atoms with van der Waals surface area (Å²) in [5.41, 5.74) is 4.02. The Balaban J connectivity index is 1.59. The molecule has 0 fully saturated rings. The largest absolute Gasteiger partial charge is 0.487 e. The Morgan fingerprint density at radius 1 is 1.09 bits per heavy atom. The van der Waals surface area contributed by atoms with E-state index in [2.05, 4.69) is 24.0 Å². The highest BCUT2D eigenvalue weighted by Crippen LogP contribution is 2.32. The Labute approximate surface area is 200 Å². The number of hydrogen-bond donors (Lipinski definition) is 0. The molecule has 0 spiro atoms. The first-order chi connectivity index (χ1) is 15.9. The molecule has 33 heavy (non-hydrogen) atoms. The van der Waals surface area contributed by atoms with Crippen LogP contribution in [0.1, 0.15) is 42.0 Å². The van der Waals surface area contributed by atoms with Crippen LogP contribution >= 0.6 is 11.6 Å². The Morgan fingerprint density at radius 2 is 1.88 bits per heavy atom. The van der Waals surface area contributed by atoms with Gasteiger partial charge in [0.15, 0.2) is 0 Å². The van der Waals surface area contributed by atoms with Crippen LogP contribution in [-0.2, 0) is 16.1 Å². The summed E-state index contributed by atoms with van der Waals surface area (Å²) in [6, 6.07) is 15.3. The van der Waals surface area contributed by atoms with Crippen molar-refractivity contribution >= 4 is 23.6 Å². The van der Waals surface area contributed by atoms with Gasteiger partial charge in [-0.15, -0.1) is 0 Å². The standard InChI is InChI=1S/C27H28ClNO4/c1-4-5-14-31-27(30)13-10-22-16-24(28)25(15-20(22)3)33-26-12-11-23(17-29-26)32-18-21-8-6-19(2)7-9-21/h6-13,15-17H,4-5,14,18H2,1-3H3. The van der Waals surface area contributed by atoms with Crippen molar-refractivity contribution in [2.24, 2.45) is 0 Å². The number of pyridine rings is 1. The summed E-state index contributed by atoms with van der Waals surface area (Å²) in [6.07, 6.45) is 6.55. The predicted octanol–water partition coefficient (Wildman–Crippen LogP) is 7.08. The van der Waals surface area contributed by atoms with Crippen LogP contribution in [0.3, 0.4) is 0 Å². The third-order valence-electron chi connectivity index (χ3n) is 4.91. The molecule has 0 amide bonds. The summed E-state index contributed by atoms with van der Waals surface area (Å²) in [4.78, 5) is 16.1. The van der Waals surface area contributed by atoms with Gasteiger partial charge in [-0.2, -0.15) is 0 Å². The fourth-order valence-electron chi connectivity index (χ4n) is 2.93. The summed E-state index contributed by atoms with van der Waals surface area (Å²) in [5, 5.41) is 0.418. The van der Waals surface area contributed by atoms with Crippen LogP contribution in [0.15, 0.2) is 60.8 Å². The molecule has 1 heterocycles. The van der Waals surface area contributed by atoms with Crippen molar-refractivity contribution in [2.75, 3.05) is 6.61 Å². The minimum Gasteiger partial charge on any atom is -0.487 e. The molecular formula is C27H28ClNO4. The summed E-state index contributed by atoms with van der Waals surface area (Å²) >= 11 is 6.40. The molecule has 3 aromatic rings. The van der Waals surface area contributed by atoms with E-state index in [4.69, 9.17) is 25.8 Å². The van der Waals surface area contributed by atoms with E-state index in [1.807, 2.05) is 32.0 Å². The Hall–Kier alpha value is -3.31. The molecule has 0 radical (unpaired) electrons. The van der Waals surface area contributed by atoms with Crippen LogP contribution in [-0.4, -0.2) is 17.6 Å². The number of halogens is 1. The first kappa shape index (κ1) is 24.3. The van der Waals surface area contributed by atoms with Gasteiger partial charge in [0, 0.05) is 12.1 Å². The maximum Gasteiger partial charge on any atom is 0.330 e. The van der Waals surface area contributed by atoms with Crippen molar-refractivity contribution in [1.29, 1.82) is 0 Å². The van der Waals surface area contributed by atoms with Crippen molar-refractivity contribution in [2.45, 2.75) is 40.2 Å². The molecule has 3 rings (SSSR count). The molecule has 0 unspecified atom stereocenters. The normalized spacial score (nSPS) is 10.9.